The minimum Gasteiger partial charge on any atom is -0.489 e. The van der Waals surface area contributed by atoms with E-state index in [-0.39, 0.29) is 29.4 Å². The Morgan fingerprint density at radius 1 is 1.06 bits per heavy atom. The van der Waals surface area contributed by atoms with Gasteiger partial charge in [-0.1, -0.05) is 36.4 Å². The number of fused-ring (bicyclic) bond motifs is 1. The van der Waals surface area contributed by atoms with E-state index in [9.17, 15) is 9.59 Å². The molecule has 3 aromatic rings. The number of benzene rings is 2. The summed E-state index contributed by atoms with van der Waals surface area (Å²) in [6.45, 7) is 1.86. The van der Waals surface area contributed by atoms with Crippen LogP contribution in [0.3, 0.4) is 0 Å². The molecule has 1 saturated heterocycles. The Labute approximate surface area is 193 Å². The molecule has 1 aromatic heterocycles. The van der Waals surface area contributed by atoms with E-state index in [1.54, 1.807) is 0 Å². The number of nitrogens with zero attached hydrogens (tertiary/aromatic N) is 1. The number of hydrogen-bond acceptors (Lipinski definition) is 5. The van der Waals surface area contributed by atoms with Gasteiger partial charge < -0.3 is 18.8 Å². The summed E-state index contributed by atoms with van der Waals surface area (Å²) in [5, 5.41) is 1.58. The highest BCUT2D eigenvalue weighted by molar-refractivity contribution is 5.83. The predicted octanol–water partition coefficient (Wildman–Crippen LogP) is 4.60. The zero-order chi connectivity index (χ0) is 22.8. The molecule has 172 valence electrons. The molecule has 0 amide bonds. The number of carbonyl (C=O) groups is 1. The van der Waals surface area contributed by atoms with Gasteiger partial charge in [-0.2, -0.15) is 0 Å². The molecule has 2 aliphatic rings. The number of rotatable bonds is 6. The maximum Gasteiger partial charge on any atom is 0.308 e. The molecule has 2 heterocycles. The van der Waals surface area contributed by atoms with Crippen molar-refractivity contribution in [3.63, 3.8) is 0 Å². The molecular formula is C27H29NO5. The number of esters is 1. The largest absolute Gasteiger partial charge is 0.489 e. The van der Waals surface area contributed by atoms with Gasteiger partial charge in [0.2, 0.25) is 0 Å². The summed E-state index contributed by atoms with van der Waals surface area (Å²) in [6, 6.07) is 17.9. The molecule has 1 aliphatic heterocycles. The number of carbonyl (C=O) groups excluding carboxylic acids is 1. The third-order valence-corrected chi connectivity index (χ3v) is 6.96. The molecule has 2 fully saturated rings. The second-order valence-corrected chi connectivity index (χ2v) is 9.00. The van der Waals surface area contributed by atoms with Crippen molar-refractivity contribution in [3.8, 4) is 5.75 Å². The zero-order valence-electron chi connectivity index (χ0n) is 18.9. The van der Waals surface area contributed by atoms with Crippen molar-refractivity contribution >= 4 is 16.7 Å². The number of pyridine rings is 1. The van der Waals surface area contributed by atoms with Gasteiger partial charge >= 0.3 is 5.97 Å². The van der Waals surface area contributed by atoms with E-state index in [1.165, 1.54) is 7.11 Å². The van der Waals surface area contributed by atoms with Crippen molar-refractivity contribution < 1.29 is 19.0 Å². The molecule has 1 aliphatic carbocycles. The maximum absolute atomic E-state index is 13.8. The van der Waals surface area contributed by atoms with Gasteiger partial charge in [0.25, 0.3) is 5.56 Å². The molecule has 0 radical (unpaired) electrons. The van der Waals surface area contributed by atoms with E-state index >= 15 is 0 Å². The second-order valence-electron chi connectivity index (χ2n) is 9.00. The number of methoxy groups -OCH3 is 1. The summed E-state index contributed by atoms with van der Waals surface area (Å²) >= 11 is 0. The molecule has 0 unspecified atom stereocenters. The van der Waals surface area contributed by atoms with Crippen LogP contribution in [-0.2, 0) is 20.9 Å². The van der Waals surface area contributed by atoms with E-state index in [1.807, 2.05) is 53.1 Å². The molecule has 2 aromatic carbocycles. The van der Waals surface area contributed by atoms with E-state index < -0.39 is 0 Å². The first-order chi connectivity index (χ1) is 16.1. The maximum atomic E-state index is 13.8. The highest BCUT2D eigenvalue weighted by atomic mass is 16.5. The fraction of sp³-hybridized carbons (Fsp3) is 0.407. The summed E-state index contributed by atoms with van der Waals surface area (Å²) in [4.78, 5) is 25.7. The topological polar surface area (TPSA) is 66.8 Å². The number of ether oxygens (including phenoxy) is 3. The Kier molecular flexibility index (Phi) is 6.18. The van der Waals surface area contributed by atoms with Gasteiger partial charge in [-0.3, -0.25) is 9.59 Å². The fourth-order valence-corrected chi connectivity index (χ4v) is 5.00. The van der Waals surface area contributed by atoms with Gasteiger partial charge in [-0.05, 0) is 54.8 Å². The first-order valence-corrected chi connectivity index (χ1v) is 11.7. The summed E-state index contributed by atoms with van der Waals surface area (Å²) in [6.07, 6.45) is 3.07. The summed E-state index contributed by atoms with van der Waals surface area (Å²) < 4.78 is 18.4. The van der Waals surface area contributed by atoms with Gasteiger partial charge in [-0.25, -0.2) is 0 Å². The fourth-order valence-electron chi connectivity index (χ4n) is 5.00. The lowest BCUT2D eigenvalue weighted by Crippen LogP contribution is -2.40. The quantitative estimate of drug-likeness (QED) is 0.517. The standard InChI is InChI=1S/C27H29NO5/c1-31-27(30)21-13-22(14-21)28-25(19-9-11-32-12-10-19)15-20-7-8-23(16-24(20)26(28)29)33-17-18-5-3-2-4-6-18/h2-8,15-16,19,21-22H,9-14,17H2,1H3/t21-,22-. The smallest absolute Gasteiger partial charge is 0.308 e. The monoisotopic (exact) mass is 447 g/mol. The van der Waals surface area contributed by atoms with Crippen LogP contribution in [0, 0.1) is 5.92 Å². The van der Waals surface area contributed by atoms with Crippen molar-refractivity contribution in [3.05, 3.63) is 76.2 Å². The van der Waals surface area contributed by atoms with Gasteiger partial charge in [-0.15, -0.1) is 0 Å². The Hall–Kier alpha value is -3.12. The van der Waals surface area contributed by atoms with Crippen LogP contribution < -0.4 is 10.3 Å². The Morgan fingerprint density at radius 3 is 2.55 bits per heavy atom. The lowest BCUT2D eigenvalue weighted by atomic mass is 9.79. The van der Waals surface area contributed by atoms with Crippen molar-refractivity contribution in [1.82, 2.24) is 4.57 Å². The molecular weight excluding hydrogens is 418 g/mol. The average Bonchev–Trinajstić information content (AvgIpc) is 2.84. The first kappa shape index (κ1) is 21.7. The number of hydrogen-bond donors (Lipinski definition) is 0. The molecule has 6 nitrogen and oxygen atoms in total. The number of aromatic nitrogens is 1. The highest BCUT2D eigenvalue weighted by Crippen LogP contribution is 2.41. The molecule has 33 heavy (non-hydrogen) atoms. The Morgan fingerprint density at radius 2 is 1.82 bits per heavy atom. The molecule has 0 bridgehead atoms. The van der Waals surface area contributed by atoms with Crippen LogP contribution in [0.1, 0.15) is 48.9 Å². The van der Waals surface area contributed by atoms with Crippen LogP contribution in [0.2, 0.25) is 0 Å². The summed E-state index contributed by atoms with van der Waals surface area (Å²) in [5.74, 6) is 0.631. The van der Waals surface area contributed by atoms with Gasteiger partial charge in [0, 0.05) is 30.9 Å². The van der Waals surface area contributed by atoms with Crippen LogP contribution in [0.15, 0.2) is 59.4 Å². The second kappa shape index (κ2) is 9.40. The van der Waals surface area contributed by atoms with Gasteiger partial charge in [0.15, 0.2) is 0 Å². The van der Waals surface area contributed by atoms with Crippen molar-refractivity contribution in [2.24, 2.45) is 5.92 Å². The van der Waals surface area contributed by atoms with Crippen LogP contribution >= 0.6 is 0 Å². The molecule has 0 spiro atoms. The van der Waals surface area contributed by atoms with E-state index in [2.05, 4.69) is 6.07 Å². The minimum atomic E-state index is -0.190. The summed E-state index contributed by atoms with van der Waals surface area (Å²) in [5.41, 5.74) is 2.13. The molecule has 6 heteroatoms. The van der Waals surface area contributed by atoms with E-state index in [4.69, 9.17) is 14.2 Å². The highest BCUT2D eigenvalue weighted by Gasteiger charge is 2.38. The van der Waals surface area contributed by atoms with Crippen LogP contribution in [0.25, 0.3) is 10.8 Å². The van der Waals surface area contributed by atoms with E-state index in [0.29, 0.717) is 43.8 Å². The van der Waals surface area contributed by atoms with Gasteiger partial charge in [0.05, 0.1) is 18.4 Å². The average molecular weight is 448 g/mol. The van der Waals surface area contributed by atoms with Crippen LogP contribution in [0.4, 0.5) is 0 Å². The SMILES string of the molecule is COC(=O)[C@H]1C[C@H](n2c(C3CCOCC3)cc3ccc(OCc4ccccc4)cc3c2=O)C1. The third-order valence-electron chi connectivity index (χ3n) is 6.96. The Bertz CT molecular complexity index is 1190. The van der Waals surface area contributed by atoms with Crippen molar-refractivity contribution in [2.45, 2.75) is 44.2 Å². The zero-order valence-corrected chi connectivity index (χ0v) is 18.9. The van der Waals surface area contributed by atoms with Crippen molar-refractivity contribution in [2.75, 3.05) is 20.3 Å². The lowest BCUT2D eigenvalue weighted by molar-refractivity contribution is -0.149. The predicted molar refractivity (Wildman–Crippen MR) is 126 cm³/mol. The van der Waals surface area contributed by atoms with Crippen molar-refractivity contribution in [1.29, 1.82) is 0 Å². The van der Waals surface area contributed by atoms with Crippen LogP contribution in [0.5, 0.6) is 5.75 Å². The minimum absolute atomic E-state index is 0.00697. The molecule has 5 rings (SSSR count). The third kappa shape index (κ3) is 4.40. The summed E-state index contributed by atoms with van der Waals surface area (Å²) in [7, 11) is 1.42. The lowest BCUT2D eigenvalue weighted by Gasteiger charge is -2.38. The molecule has 1 saturated carbocycles. The van der Waals surface area contributed by atoms with Crippen LogP contribution in [-0.4, -0.2) is 30.9 Å². The normalized spacial score (nSPS) is 20.9. The molecule has 0 atom stereocenters. The Balaban J connectivity index is 1.49. The van der Waals surface area contributed by atoms with Gasteiger partial charge in [0.1, 0.15) is 12.4 Å². The van der Waals surface area contributed by atoms with E-state index in [0.717, 1.165) is 29.5 Å². The first-order valence-electron chi connectivity index (χ1n) is 11.7. The molecule has 0 N–H and O–H groups in total.